The second kappa shape index (κ2) is 5.32. The van der Waals surface area contributed by atoms with Gasteiger partial charge in [-0.3, -0.25) is 0 Å². The SMILES string of the molecule is NC(Cc1cc(Cl)ccc1Cl)c1ccoc1Cl. The highest BCUT2D eigenvalue weighted by molar-refractivity contribution is 6.33. The van der Waals surface area contributed by atoms with Crippen LogP contribution < -0.4 is 5.73 Å². The minimum absolute atomic E-state index is 0.266. The Labute approximate surface area is 114 Å². The number of rotatable bonds is 3. The molecule has 5 heteroatoms. The minimum Gasteiger partial charge on any atom is -0.453 e. The van der Waals surface area contributed by atoms with Crippen molar-refractivity contribution in [3.63, 3.8) is 0 Å². The van der Waals surface area contributed by atoms with E-state index >= 15 is 0 Å². The summed E-state index contributed by atoms with van der Waals surface area (Å²) in [5.41, 5.74) is 7.70. The van der Waals surface area contributed by atoms with Crippen LogP contribution in [0.3, 0.4) is 0 Å². The summed E-state index contributed by atoms with van der Waals surface area (Å²) in [4.78, 5) is 0. The van der Waals surface area contributed by atoms with Crippen molar-refractivity contribution in [2.45, 2.75) is 12.5 Å². The van der Waals surface area contributed by atoms with E-state index in [0.29, 0.717) is 21.7 Å². The number of furan rings is 1. The topological polar surface area (TPSA) is 39.2 Å². The van der Waals surface area contributed by atoms with Crippen LogP contribution >= 0.6 is 34.8 Å². The van der Waals surface area contributed by atoms with Crippen molar-refractivity contribution in [2.24, 2.45) is 5.73 Å². The quantitative estimate of drug-likeness (QED) is 0.905. The number of halogens is 3. The van der Waals surface area contributed by atoms with Crippen LogP contribution in [0, 0.1) is 0 Å². The molecule has 2 N–H and O–H groups in total. The van der Waals surface area contributed by atoms with Crippen molar-refractivity contribution >= 4 is 34.8 Å². The summed E-state index contributed by atoms with van der Waals surface area (Å²) in [6.07, 6.45) is 2.07. The lowest BCUT2D eigenvalue weighted by atomic mass is 10.0. The second-order valence-corrected chi connectivity index (χ2v) is 4.88. The maximum atomic E-state index is 6.07. The first-order valence-corrected chi connectivity index (χ1v) is 6.13. The smallest absolute Gasteiger partial charge is 0.197 e. The Bertz CT molecular complexity index is 524. The van der Waals surface area contributed by atoms with Gasteiger partial charge in [-0.25, -0.2) is 0 Å². The van der Waals surface area contributed by atoms with Crippen molar-refractivity contribution in [1.82, 2.24) is 0 Å². The number of benzene rings is 1. The lowest BCUT2D eigenvalue weighted by Gasteiger charge is -2.11. The fourth-order valence-corrected chi connectivity index (χ4v) is 2.26. The summed E-state index contributed by atoms with van der Waals surface area (Å²) in [7, 11) is 0. The molecule has 0 spiro atoms. The molecule has 17 heavy (non-hydrogen) atoms. The van der Waals surface area contributed by atoms with Crippen LogP contribution in [0.4, 0.5) is 0 Å². The number of nitrogens with two attached hydrogens (primary N) is 1. The minimum atomic E-state index is -0.266. The first-order valence-electron chi connectivity index (χ1n) is 5.00. The largest absolute Gasteiger partial charge is 0.453 e. The van der Waals surface area contributed by atoms with Crippen LogP contribution in [-0.2, 0) is 6.42 Å². The third-order valence-electron chi connectivity index (χ3n) is 2.49. The van der Waals surface area contributed by atoms with Gasteiger partial charge >= 0.3 is 0 Å². The van der Waals surface area contributed by atoms with Gasteiger partial charge < -0.3 is 10.2 Å². The average molecular weight is 291 g/mol. The molecule has 2 rings (SSSR count). The van der Waals surface area contributed by atoms with E-state index in [4.69, 9.17) is 45.0 Å². The Balaban J connectivity index is 2.21. The molecular formula is C12H10Cl3NO. The lowest BCUT2D eigenvalue weighted by Crippen LogP contribution is -2.13. The molecule has 1 atom stereocenters. The van der Waals surface area contributed by atoms with Crippen LogP contribution in [0.2, 0.25) is 15.3 Å². The molecule has 0 aliphatic rings. The molecule has 1 unspecified atom stereocenters. The molecule has 0 bridgehead atoms. The van der Waals surface area contributed by atoms with Gasteiger partial charge in [-0.05, 0) is 47.9 Å². The highest BCUT2D eigenvalue weighted by atomic mass is 35.5. The summed E-state index contributed by atoms with van der Waals surface area (Å²) in [5, 5.41) is 1.59. The van der Waals surface area contributed by atoms with E-state index in [2.05, 4.69) is 0 Å². The summed E-state index contributed by atoms with van der Waals surface area (Å²) >= 11 is 17.8. The van der Waals surface area contributed by atoms with Crippen LogP contribution in [-0.4, -0.2) is 0 Å². The molecule has 90 valence electrons. The van der Waals surface area contributed by atoms with E-state index in [1.165, 1.54) is 6.26 Å². The first kappa shape index (κ1) is 12.8. The van der Waals surface area contributed by atoms with Gasteiger partial charge in [0.1, 0.15) is 0 Å². The van der Waals surface area contributed by atoms with Gasteiger partial charge in [-0.1, -0.05) is 23.2 Å². The predicted molar refractivity (Wildman–Crippen MR) is 70.8 cm³/mol. The van der Waals surface area contributed by atoms with Gasteiger partial charge in [0.2, 0.25) is 0 Å². The van der Waals surface area contributed by atoms with Crippen molar-refractivity contribution in [2.75, 3.05) is 0 Å². The molecule has 2 aromatic rings. The van der Waals surface area contributed by atoms with E-state index < -0.39 is 0 Å². The van der Waals surface area contributed by atoms with Crippen LogP contribution in [0.25, 0.3) is 0 Å². The molecule has 1 aromatic carbocycles. The third-order valence-corrected chi connectivity index (χ3v) is 3.40. The van der Waals surface area contributed by atoms with E-state index in [-0.39, 0.29) is 6.04 Å². The summed E-state index contributed by atoms with van der Waals surface area (Å²) in [5.74, 6) is 0. The molecule has 1 heterocycles. The average Bonchev–Trinajstić information content (AvgIpc) is 2.70. The molecule has 0 fully saturated rings. The summed E-state index contributed by atoms with van der Waals surface area (Å²) in [6.45, 7) is 0. The van der Waals surface area contributed by atoms with E-state index in [1.807, 2.05) is 0 Å². The molecular weight excluding hydrogens is 280 g/mol. The summed E-state index contributed by atoms with van der Waals surface area (Å²) < 4.78 is 5.00. The van der Waals surface area contributed by atoms with Gasteiger partial charge in [0.05, 0.1) is 6.26 Å². The number of hydrogen-bond acceptors (Lipinski definition) is 2. The van der Waals surface area contributed by atoms with Crippen molar-refractivity contribution < 1.29 is 4.42 Å². The second-order valence-electron chi connectivity index (χ2n) is 3.70. The van der Waals surface area contributed by atoms with Crippen molar-refractivity contribution in [1.29, 1.82) is 0 Å². The molecule has 2 nitrogen and oxygen atoms in total. The Morgan fingerprint density at radius 2 is 1.94 bits per heavy atom. The normalized spacial score (nSPS) is 12.7. The first-order chi connectivity index (χ1) is 8.08. The molecule has 0 amide bonds. The standard InChI is InChI=1S/C12H10Cl3NO/c13-8-1-2-10(14)7(5-8)6-11(16)9-3-4-17-12(9)15/h1-5,11H,6,16H2. The molecule has 0 saturated heterocycles. The van der Waals surface area contributed by atoms with Crippen LogP contribution in [0.15, 0.2) is 34.9 Å². The van der Waals surface area contributed by atoms with E-state index in [0.717, 1.165) is 11.1 Å². The molecule has 0 aliphatic carbocycles. The molecule has 0 radical (unpaired) electrons. The van der Waals surface area contributed by atoms with Gasteiger partial charge in [-0.15, -0.1) is 0 Å². The Kier molecular flexibility index (Phi) is 4.00. The maximum Gasteiger partial charge on any atom is 0.197 e. The Hall–Kier alpha value is -0.670. The zero-order valence-electron chi connectivity index (χ0n) is 8.79. The molecule has 0 saturated carbocycles. The third kappa shape index (κ3) is 2.96. The highest BCUT2D eigenvalue weighted by Gasteiger charge is 2.15. The highest BCUT2D eigenvalue weighted by Crippen LogP contribution is 2.28. The maximum absolute atomic E-state index is 6.07. The van der Waals surface area contributed by atoms with Crippen LogP contribution in [0.1, 0.15) is 17.2 Å². The Morgan fingerprint density at radius 1 is 1.18 bits per heavy atom. The molecule has 0 aliphatic heterocycles. The fourth-order valence-electron chi connectivity index (χ4n) is 1.62. The zero-order chi connectivity index (χ0) is 12.4. The number of hydrogen-bond donors (Lipinski definition) is 1. The van der Waals surface area contributed by atoms with E-state index in [9.17, 15) is 0 Å². The van der Waals surface area contributed by atoms with Crippen molar-refractivity contribution in [3.05, 3.63) is 56.9 Å². The summed E-state index contributed by atoms with van der Waals surface area (Å²) in [6, 6.07) is 6.78. The fraction of sp³-hybridized carbons (Fsp3) is 0.167. The van der Waals surface area contributed by atoms with Crippen LogP contribution in [0.5, 0.6) is 0 Å². The van der Waals surface area contributed by atoms with E-state index in [1.54, 1.807) is 24.3 Å². The van der Waals surface area contributed by atoms with Gasteiger partial charge in [0.25, 0.3) is 0 Å². The van der Waals surface area contributed by atoms with Gasteiger partial charge in [0.15, 0.2) is 5.22 Å². The van der Waals surface area contributed by atoms with Gasteiger partial charge in [0, 0.05) is 21.7 Å². The lowest BCUT2D eigenvalue weighted by molar-refractivity contribution is 0.560. The molecule has 1 aromatic heterocycles. The Morgan fingerprint density at radius 3 is 2.59 bits per heavy atom. The monoisotopic (exact) mass is 289 g/mol. The van der Waals surface area contributed by atoms with Crippen molar-refractivity contribution in [3.8, 4) is 0 Å². The predicted octanol–water partition coefficient (Wildman–Crippen LogP) is 4.48. The zero-order valence-corrected chi connectivity index (χ0v) is 11.1. The van der Waals surface area contributed by atoms with Gasteiger partial charge in [-0.2, -0.15) is 0 Å².